The van der Waals surface area contributed by atoms with E-state index in [9.17, 15) is 15.2 Å². The van der Waals surface area contributed by atoms with Crippen molar-refractivity contribution < 1.29 is 9.90 Å². The summed E-state index contributed by atoms with van der Waals surface area (Å²) < 4.78 is 2.44. The Morgan fingerprint density at radius 2 is 1.24 bits per heavy atom. The van der Waals surface area contributed by atoms with Crippen LogP contribution in [-0.2, 0) is 21.0 Å². The van der Waals surface area contributed by atoms with Gasteiger partial charge in [-0.05, 0) is 99.8 Å². The lowest BCUT2D eigenvalue weighted by molar-refractivity contribution is -0.132. The lowest BCUT2D eigenvalue weighted by Gasteiger charge is -2.19. The van der Waals surface area contributed by atoms with E-state index in [2.05, 4.69) is 133 Å². The summed E-state index contributed by atoms with van der Waals surface area (Å²) >= 11 is 7.03. The first-order valence-corrected chi connectivity index (χ1v) is 20.3. The normalized spacial score (nSPS) is 14.3. The number of hydrogen-bond acceptors (Lipinski definition) is 6. The second-order valence-corrected chi connectivity index (χ2v) is 20.2. The molecule has 1 aliphatic rings. The molecule has 7 aromatic rings. The molecule has 8 rings (SSSR count). The second kappa shape index (κ2) is 11.6. The zero-order valence-corrected chi connectivity index (χ0v) is 33.2. The molecule has 0 radical (unpaired) electrons. The quantitative estimate of drug-likeness (QED) is 0.141. The van der Waals surface area contributed by atoms with Gasteiger partial charge in [0, 0.05) is 50.3 Å². The molecular formula is C43H38N2O2S4. The lowest BCUT2D eigenvalue weighted by Crippen LogP contribution is -2.13. The van der Waals surface area contributed by atoms with E-state index in [4.69, 9.17) is 0 Å². The third-order valence-electron chi connectivity index (χ3n) is 10.1. The predicted octanol–water partition coefficient (Wildman–Crippen LogP) is 13.3. The molecule has 1 aliphatic carbocycles. The number of fused-ring (bicyclic) bond motifs is 6. The summed E-state index contributed by atoms with van der Waals surface area (Å²) in [6.45, 7) is 18.1. The van der Waals surface area contributed by atoms with Crippen molar-refractivity contribution >= 4 is 79.2 Å². The summed E-state index contributed by atoms with van der Waals surface area (Å²) in [6, 6.07) is 29.2. The highest BCUT2D eigenvalue weighted by atomic mass is 32.1. The minimum atomic E-state index is -1.20. The molecule has 51 heavy (non-hydrogen) atoms. The second-order valence-electron chi connectivity index (χ2n) is 15.9. The van der Waals surface area contributed by atoms with Crippen molar-refractivity contribution in [2.24, 2.45) is 0 Å². The lowest BCUT2D eigenvalue weighted by atomic mass is 9.84. The van der Waals surface area contributed by atoms with Crippen LogP contribution in [0.4, 0.5) is 0 Å². The highest BCUT2D eigenvalue weighted by Gasteiger charge is 2.39. The maximum absolute atomic E-state index is 11.5. The van der Waals surface area contributed by atoms with E-state index in [-0.39, 0.29) is 21.8 Å². The smallest absolute Gasteiger partial charge is 0.346 e. The summed E-state index contributed by atoms with van der Waals surface area (Å²) in [5.74, 6) is -1.20. The molecule has 0 saturated heterocycles. The van der Waals surface area contributed by atoms with Crippen molar-refractivity contribution in [2.75, 3.05) is 0 Å². The van der Waals surface area contributed by atoms with Crippen LogP contribution >= 0.6 is 45.3 Å². The fourth-order valence-corrected chi connectivity index (χ4v) is 12.0. The standard InChI is InChI=1S/C43H38N2O2S4/c1-41(2,3)24-9-11-31-27(18-24)28-19-25(42(4,5)6)10-12-32(28)45(31)37-16-15-34(50-37)33-13-14-35(49-33)36-21-30-39(51-36)38-29(43(30,7)8)20-26(48-38)17-23(22-44)40(46)47/h9-21H,1-8H3,(H,46,47)/b23-17+. The van der Waals surface area contributed by atoms with Gasteiger partial charge in [-0.2, -0.15) is 5.26 Å². The van der Waals surface area contributed by atoms with Crippen LogP contribution in [0.5, 0.6) is 0 Å². The molecule has 0 spiro atoms. The Morgan fingerprint density at radius 1 is 0.706 bits per heavy atom. The fraction of sp³-hybridized carbons (Fsp3) is 0.256. The van der Waals surface area contributed by atoms with E-state index in [1.165, 1.54) is 84.4 Å². The molecule has 0 atom stereocenters. The average Bonchev–Trinajstić information content (AvgIpc) is 3.90. The van der Waals surface area contributed by atoms with Gasteiger partial charge in [0.1, 0.15) is 16.6 Å². The number of hydrogen-bond donors (Lipinski definition) is 1. The van der Waals surface area contributed by atoms with Crippen LogP contribution in [0, 0.1) is 11.3 Å². The SMILES string of the molecule is CC(C)(C)c1ccc2c(c1)c1cc(C(C)(C)C)ccc1n2-c1ccc(-c2ccc(-c3cc4c(s3)-c3sc(/C=C(\C#N)C(=O)O)cc3C4(C)C)s2)s1. The number of rotatable bonds is 5. The molecule has 0 bridgehead atoms. The van der Waals surface area contributed by atoms with Crippen molar-refractivity contribution in [3.8, 4) is 40.3 Å². The van der Waals surface area contributed by atoms with Gasteiger partial charge in [-0.15, -0.1) is 45.3 Å². The third kappa shape index (κ3) is 5.53. The minimum Gasteiger partial charge on any atom is -0.477 e. The van der Waals surface area contributed by atoms with Gasteiger partial charge >= 0.3 is 5.97 Å². The number of thiophene rings is 4. The summed E-state index contributed by atoms with van der Waals surface area (Å²) in [6.07, 6.45) is 1.49. The van der Waals surface area contributed by atoms with E-state index >= 15 is 0 Å². The van der Waals surface area contributed by atoms with Gasteiger partial charge in [-0.3, -0.25) is 0 Å². The van der Waals surface area contributed by atoms with Crippen molar-refractivity contribution in [2.45, 2.75) is 71.6 Å². The number of aliphatic carboxylic acids is 1. The van der Waals surface area contributed by atoms with E-state index < -0.39 is 5.97 Å². The summed E-state index contributed by atoms with van der Waals surface area (Å²) in [4.78, 5) is 19.7. The zero-order valence-electron chi connectivity index (χ0n) is 29.9. The van der Waals surface area contributed by atoms with Crippen LogP contribution in [-0.4, -0.2) is 15.6 Å². The van der Waals surface area contributed by atoms with Crippen LogP contribution in [0.15, 0.2) is 78.4 Å². The number of carbonyl (C=O) groups is 1. The number of carboxylic acid groups (broad SMARTS) is 1. The molecule has 256 valence electrons. The van der Waals surface area contributed by atoms with E-state index in [1.807, 2.05) is 22.7 Å². The van der Waals surface area contributed by atoms with Gasteiger partial charge in [0.25, 0.3) is 0 Å². The molecule has 0 fully saturated rings. The molecule has 0 unspecified atom stereocenters. The Morgan fingerprint density at radius 3 is 1.80 bits per heavy atom. The minimum absolute atomic E-state index is 0.0616. The Labute approximate surface area is 314 Å². The first kappa shape index (κ1) is 33.9. The maximum atomic E-state index is 11.5. The molecule has 0 aliphatic heterocycles. The van der Waals surface area contributed by atoms with E-state index in [0.29, 0.717) is 0 Å². The van der Waals surface area contributed by atoms with Crippen molar-refractivity contribution in [1.29, 1.82) is 5.26 Å². The third-order valence-corrected chi connectivity index (χ3v) is 15.0. The Hall–Kier alpha value is -4.26. The van der Waals surface area contributed by atoms with Gasteiger partial charge in [0.15, 0.2) is 0 Å². The zero-order chi connectivity index (χ0) is 36.2. The number of aromatic nitrogens is 1. The topological polar surface area (TPSA) is 66.0 Å². The Balaban J connectivity index is 1.16. The molecule has 1 N–H and O–H groups in total. The first-order valence-electron chi connectivity index (χ1n) is 17.0. The summed E-state index contributed by atoms with van der Waals surface area (Å²) in [5, 5.41) is 22.5. The molecule has 0 amide bonds. The van der Waals surface area contributed by atoms with Crippen LogP contribution in [0.25, 0.3) is 62.1 Å². The molecule has 2 aromatic carbocycles. The largest absolute Gasteiger partial charge is 0.477 e. The Kier molecular flexibility index (Phi) is 7.72. The van der Waals surface area contributed by atoms with Crippen molar-refractivity contribution in [1.82, 2.24) is 4.57 Å². The van der Waals surface area contributed by atoms with E-state index in [0.717, 1.165) is 4.88 Å². The monoisotopic (exact) mass is 742 g/mol. The number of nitrogens with zero attached hydrogens (tertiary/aromatic N) is 2. The van der Waals surface area contributed by atoms with Crippen molar-refractivity contribution in [3.63, 3.8) is 0 Å². The van der Waals surface area contributed by atoms with Gasteiger partial charge in [-0.1, -0.05) is 67.5 Å². The molecule has 5 heterocycles. The molecule has 0 saturated carbocycles. The highest BCUT2D eigenvalue weighted by molar-refractivity contribution is 7.29. The van der Waals surface area contributed by atoms with E-state index in [1.54, 1.807) is 28.7 Å². The van der Waals surface area contributed by atoms with Gasteiger partial charge in [-0.25, -0.2) is 4.79 Å². The van der Waals surface area contributed by atoms with Gasteiger partial charge in [0.05, 0.1) is 11.0 Å². The maximum Gasteiger partial charge on any atom is 0.346 e. The first-order chi connectivity index (χ1) is 24.0. The molecule has 4 nitrogen and oxygen atoms in total. The molecular weight excluding hydrogens is 705 g/mol. The van der Waals surface area contributed by atoms with Crippen LogP contribution < -0.4 is 0 Å². The Bertz CT molecular complexity index is 2560. The van der Waals surface area contributed by atoms with Gasteiger partial charge in [0.2, 0.25) is 0 Å². The van der Waals surface area contributed by atoms with Crippen LogP contribution in [0.1, 0.15) is 82.5 Å². The number of nitriles is 1. The predicted molar refractivity (Wildman–Crippen MR) is 219 cm³/mol. The van der Waals surface area contributed by atoms with Crippen LogP contribution in [0.2, 0.25) is 0 Å². The summed E-state index contributed by atoms with van der Waals surface area (Å²) in [7, 11) is 0. The molecule has 8 heteroatoms. The van der Waals surface area contributed by atoms with Crippen LogP contribution in [0.3, 0.4) is 0 Å². The van der Waals surface area contributed by atoms with Crippen molar-refractivity contribution in [3.05, 3.63) is 106 Å². The summed E-state index contributed by atoms with van der Waals surface area (Å²) in [5.41, 5.74) is 7.33. The average molecular weight is 743 g/mol. The highest BCUT2D eigenvalue weighted by Crippen LogP contribution is 2.57. The molecule has 5 aromatic heterocycles. The number of benzene rings is 2. The van der Waals surface area contributed by atoms with Gasteiger partial charge < -0.3 is 9.67 Å². The fourth-order valence-electron chi connectivity index (χ4n) is 7.07. The number of carboxylic acids is 1.